The molecule has 2 fully saturated rings. The molecule has 0 bridgehead atoms. The minimum Gasteiger partial charge on any atom is -0.0654 e. The van der Waals surface area contributed by atoms with Gasteiger partial charge in [0.05, 0.1) is 0 Å². The number of benzene rings is 2. The van der Waals surface area contributed by atoms with Crippen LogP contribution in [-0.4, -0.2) is 0 Å². The third kappa shape index (κ3) is 7.96. The highest BCUT2D eigenvalue weighted by Crippen LogP contribution is 2.42. The summed E-state index contributed by atoms with van der Waals surface area (Å²) in [6.07, 6.45) is 24.2. The normalized spacial score (nSPS) is 25.0. The highest BCUT2D eigenvalue weighted by molar-refractivity contribution is 5.68. The fourth-order valence-corrected chi connectivity index (χ4v) is 7.10. The van der Waals surface area contributed by atoms with Crippen molar-refractivity contribution in [3.05, 3.63) is 59.7 Å². The van der Waals surface area contributed by atoms with Crippen molar-refractivity contribution in [1.29, 1.82) is 0 Å². The van der Waals surface area contributed by atoms with Crippen LogP contribution in [0.4, 0.5) is 0 Å². The van der Waals surface area contributed by atoms with Crippen molar-refractivity contribution in [2.75, 3.05) is 0 Å². The van der Waals surface area contributed by atoms with Crippen LogP contribution in [0, 0.1) is 17.8 Å². The highest BCUT2D eigenvalue weighted by Gasteiger charge is 2.25. The van der Waals surface area contributed by atoms with E-state index in [9.17, 15) is 0 Å². The molecule has 0 heteroatoms. The van der Waals surface area contributed by atoms with Gasteiger partial charge in [-0.2, -0.15) is 0 Å². The third-order valence-electron chi connectivity index (χ3n) is 9.48. The van der Waals surface area contributed by atoms with Gasteiger partial charge in [-0.1, -0.05) is 133 Å². The molecule has 35 heavy (non-hydrogen) atoms. The van der Waals surface area contributed by atoms with E-state index in [1.54, 1.807) is 11.1 Å². The van der Waals surface area contributed by atoms with Crippen LogP contribution in [0.2, 0.25) is 0 Å². The Morgan fingerprint density at radius 1 is 0.600 bits per heavy atom. The van der Waals surface area contributed by atoms with Crippen molar-refractivity contribution in [3.8, 4) is 11.1 Å². The first-order valence-electron chi connectivity index (χ1n) is 15.4. The third-order valence-corrected chi connectivity index (χ3v) is 9.48. The van der Waals surface area contributed by atoms with Gasteiger partial charge in [0.1, 0.15) is 0 Å². The summed E-state index contributed by atoms with van der Waals surface area (Å²) in [5.74, 6) is 3.72. The van der Waals surface area contributed by atoms with Crippen LogP contribution < -0.4 is 0 Å². The molecular weight excluding hydrogens is 420 g/mol. The van der Waals surface area contributed by atoms with Gasteiger partial charge in [0.2, 0.25) is 0 Å². The molecule has 2 aliphatic carbocycles. The van der Waals surface area contributed by atoms with Gasteiger partial charge < -0.3 is 0 Å². The van der Waals surface area contributed by atoms with E-state index in [2.05, 4.69) is 62.4 Å². The van der Waals surface area contributed by atoms with Crippen LogP contribution in [0.5, 0.6) is 0 Å². The Balaban J connectivity index is 1.39. The van der Waals surface area contributed by atoms with E-state index in [4.69, 9.17) is 0 Å². The number of aryl methyl sites for hydroxylation is 1. The molecule has 4 rings (SSSR count). The molecule has 2 aromatic carbocycles. The lowest BCUT2D eigenvalue weighted by molar-refractivity contribution is 0.250. The fraction of sp³-hybridized carbons (Fsp3) is 0.657. The summed E-state index contributed by atoms with van der Waals surface area (Å²) in [4.78, 5) is 0. The monoisotopic (exact) mass is 472 g/mol. The molecule has 2 saturated carbocycles. The maximum Gasteiger partial charge on any atom is -0.0149 e. The van der Waals surface area contributed by atoms with E-state index in [1.165, 1.54) is 120 Å². The molecule has 0 saturated heterocycles. The highest BCUT2D eigenvalue weighted by atomic mass is 14.3. The van der Waals surface area contributed by atoms with Crippen LogP contribution in [0.15, 0.2) is 48.5 Å². The first-order chi connectivity index (χ1) is 17.3. The second kappa shape index (κ2) is 14.2. The van der Waals surface area contributed by atoms with Crippen molar-refractivity contribution in [3.63, 3.8) is 0 Å². The molecule has 0 unspecified atom stereocenters. The summed E-state index contributed by atoms with van der Waals surface area (Å²) < 4.78 is 0. The number of unbranched alkanes of at least 4 members (excludes halogenated alkanes) is 3. The Kier molecular flexibility index (Phi) is 10.8. The van der Waals surface area contributed by atoms with Gasteiger partial charge in [-0.15, -0.1) is 0 Å². The molecule has 0 atom stereocenters. The second-order valence-electron chi connectivity index (χ2n) is 12.1. The average Bonchev–Trinajstić information content (AvgIpc) is 2.92. The summed E-state index contributed by atoms with van der Waals surface area (Å²) in [6, 6.07) is 18.7. The van der Waals surface area contributed by atoms with Gasteiger partial charge in [-0.05, 0) is 84.5 Å². The smallest absolute Gasteiger partial charge is 0.0149 e. The van der Waals surface area contributed by atoms with Crippen molar-refractivity contribution in [1.82, 2.24) is 0 Å². The lowest BCUT2D eigenvalue weighted by Gasteiger charge is -2.31. The van der Waals surface area contributed by atoms with Gasteiger partial charge in [0, 0.05) is 0 Å². The fourth-order valence-electron chi connectivity index (χ4n) is 7.10. The Hall–Kier alpha value is -1.56. The minimum absolute atomic E-state index is 0.751. The lowest BCUT2D eigenvalue weighted by Crippen LogP contribution is -2.16. The van der Waals surface area contributed by atoms with Crippen LogP contribution in [-0.2, 0) is 6.42 Å². The van der Waals surface area contributed by atoms with Gasteiger partial charge in [0.15, 0.2) is 0 Å². The molecule has 0 N–H and O–H groups in total. The molecule has 0 heterocycles. The van der Waals surface area contributed by atoms with Crippen LogP contribution in [0.3, 0.4) is 0 Å². The zero-order valence-corrected chi connectivity index (χ0v) is 22.9. The predicted molar refractivity (Wildman–Crippen MR) is 154 cm³/mol. The molecule has 0 nitrogen and oxygen atoms in total. The Bertz CT molecular complexity index is 834. The standard InChI is InChI=1S/C35H52/c1-3-5-8-12-29-21-24-33(25-22-29)35-27-31(23-26-34(35)32-13-9-7-10-14-32)20-19-30-17-15-28(16-18-30)11-6-4-2/h7,9-10,13-14,23,26-30,33H,3-6,8,11-12,15-22,24-25H2,1-2H3/t28-,29-,30-,33-. The van der Waals surface area contributed by atoms with E-state index in [1.807, 2.05) is 0 Å². The summed E-state index contributed by atoms with van der Waals surface area (Å²) >= 11 is 0. The molecule has 0 aromatic heterocycles. The first-order valence-corrected chi connectivity index (χ1v) is 15.4. The van der Waals surface area contributed by atoms with E-state index in [0.29, 0.717) is 0 Å². The number of rotatable bonds is 12. The van der Waals surface area contributed by atoms with Crippen LogP contribution in [0.25, 0.3) is 11.1 Å². The topological polar surface area (TPSA) is 0 Å². The van der Waals surface area contributed by atoms with Gasteiger partial charge in [-0.25, -0.2) is 0 Å². The molecule has 0 aliphatic heterocycles. The van der Waals surface area contributed by atoms with Gasteiger partial charge in [-0.3, -0.25) is 0 Å². The summed E-state index contributed by atoms with van der Waals surface area (Å²) in [7, 11) is 0. The SMILES string of the molecule is CCCCC[C@H]1CC[C@H](c2cc(CC[C@H]3CC[C@H](CCCC)CC3)ccc2-c2ccccc2)CC1. The zero-order chi connectivity index (χ0) is 24.3. The van der Waals surface area contributed by atoms with Gasteiger partial charge >= 0.3 is 0 Å². The Morgan fingerprint density at radius 3 is 1.86 bits per heavy atom. The lowest BCUT2D eigenvalue weighted by atomic mass is 9.74. The largest absolute Gasteiger partial charge is 0.0654 e. The van der Waals surface area contributed by atoms with E-state index in [0.717, 1.165) is 23.7 Å². The number of hydrogen-bond acceptors (Lipinski definition) is 0. The minimum atomic E-state index is 0.751. The van der Waals surface area contributed by atoms with E-state index in [-0.39, 0.29) is 0 Å². The van der Waals surface area contributed by atoms with Crippen molar-refractivity contribution >= 4 is 0 Å². The summed E-state index contributed by atoms with van der Waals surface area (Å²) in [5.41, 5.74) is 6.16. The van der Waals surface area contributed by atoms with Gasteiger partial charge in [0.25, 0.3) is 0 Å². The quantitative estimate of drug-likeness (QED) is 0.269. The van der Waals surface area contributed by atoms with Crippen molar-refractivity contribution < 1.29 is 0 Å². The molecule has 0 spiro atoms. The summed E-state index contributed by atoms with van der Waals surface area (Å²) in [5, 5.41) is 0. The van der Waals surface area contributed by atoms with Crippen molar-refractivity contribution in [2.45, 2.75) is 129 Å². The number of hydrogen-bond donors (Lipinski definition) is 0. The van der Waals surface area contributed by atoms with Crippen LogP contribution in [0.1, 0.15) is 134 Å². The maximum atomic E-state index is 2.64. The van der Waals surface area contributed by atoms with Crippen LogP contribution >= 0.6 is 0 Å². The molecule has 192 valence electrons. The Labute approximate surface area is 217 Å². The maximum absolute atomic E-state index is 2.64. The van der Waals surface area contributed by atoms with Crippen molar-refractivity contribution in [2.24, 2.45) is 17.8 Å². The molecular formula is C35H52. The molecule has 0 radical (unpaired) electrons. The van der Waals surface area contributed by atoms with E-state index < -0.39 is 0 Å². The zero-order valence-electron chi connectivity index (χ0n) is 22.9. The molecule has 2 aliphatic rings. The molecule has 2 aromatic rings. The summed E-state index contributed by atoms with van der Waals surface area (Å²) in [6.45, 7) is 4.66. The Morgan fingerprint density at radius 2 is 1.20 bits per heavy atom. The molecule has 0 amide bonds. The predicted octanol–water partition coefficient (Wildman–Crippen LogP) is 11.1. The average molecular weight is 473 g/mol. The first kappa shape index (κ1) is 26.5. The van der Waals surface area contributed by atoms with E-state index >= 15 is 0 Å². The second-order valence-corrected chi connectivity index (χ2v) is 12.1.